The fraction of sp³-hybridized carbons (Fsp3) is 0.320. The van der Waals surface area contributed by atoms with Gasteiger partial charge in [0.25, 0.3) is 0 Å². The molecule has 31 heavy (non-hydrogen) atoms. The number of ether oxygens (including phenoxy) is 2. The maximum Gasteiger partial charge on any atom is 0.221 e. The lowest BCUT2D eigenvalue weighted by Gasteiger charge is -2.40. The number of nitrogens with zero attached hydrogens (tertiary/aromatic N) is 3. The molecule has 1 aromatic carbocycles. The summed E-state index contributed by atoms with van der Waals surface area (Å²) >= 11 is 0. The minimum absolute atomic E-state index is 0.0268. The molecule has 0 amide bonds. The molecule has 1 fully saturated rings. The van der Waals surface area contributed by atoms with Crippen LogP contribution in [0.2, 0.25) is 0 Å². The molecule has 3 aromatic rings. The highest BCUT2D eigenvalue weighted by molar-refractivity contribution is 5.60. The number of aldehydes is 1. The van der Waals surface area contributed by atoms with Gasteiger partial charge in [0, 0.05) is 30.5 Å². The number of methoxy groups -OCH3 is 2. The molecule has 1 aliphatic rings. The molecular weight excluding hydrogens is 390 g/mol. The van der Waals surface area contributed by atoms with Crippen LogP contribution in [-0.4, -0.2) is 41.4 Å². The Balaban J connectivity index is 1.71. The van der Waals surface area contributed by atoms with E-state index >= 15 is 0 Å². The maximum atomic E-state index is 12.0. The van der Waals surface area contributed by atoms with Crippen LogP contribution >= 0.6 is 0 Å². The lowest BCUT2D eigenvalue weighted by Crippen LogP contribution is -2.42. The molecule has 1 aliphatic heterocycles. The number of hydrogen-bond acceptors (Lipinski definition) is 6. The van der Waals surface area contributed by atoms with Crippen molar-refractivity contribution in [2.75, 3.05) is 14.2 Å². The summed E-state index contributed by atoms with van der Waals surface area (Å²) in [5.74, 6) is 1.28. The van der Waals surface area contributed by atoms with E-state index < -0.39 is 0 Å². The first-order valence-electron chi connectivity index (χ1n) is 10.5. The third-order valence-electron chi connectivity index (χ3n) is 5.87. The van der Waals surface area contributed by atoms with Crippen molar-refractivity contribution in [3.8, 4) is 22.9 Å². The van der Waals surface area contributed by atoms with Gasteiger partial charge in [-0.25, -0.2) is 4.98 Å². The highest BCUT2D eigenvalue weighted by Crippen LogP contribution is 2.42. The Morgan fingerprint density at radius 1 is 1.03 bits per heavy atom. The van der Waals surface area contributed by atoms with Crippen molar-refractivity contribution in [1.29, 1.82) is 0 Å². The van der Waals surface area contributed by atoms with Crippen molar-refractivity contribution < 1.29 is 14.3 Å². The predicted octanol–water partition coefficient (Wildman–Crippen LogP) is 4.46. The Hall–Kier alpha value is -3.25. The second-order valence-electron chi connectivity index (χ2n) is 7.67. The first-order chi connectivity index (χ1) is 15.2. The van der Waals surface area contributed by atoms with Gasteiger partial charge in [0.1, 0.15) is 12.0 Å². The molecule has 2 atom stereocenters. The van der Waals surface area contributed by atoms with Crippen molar-refractivity contribution in [3.63, 3.8) is 0 Å². The zero-order valence-electron chi connectivity index (χ0n) is 17.9. The zero-order valence-corrected chi connectivity index (χ0v) is 17.9. The predicted molar refractivity (Wildman–Crippen MR) is 119 cm³/mol. The minimum atomic E-state index is -0.174. The van der Waals surface area contributed by atoms with Crippen molar-refractivity contribution in [3.05, 3.63) is 72.1 Å². The summed E-state index contributed by atoms with van der Waals surface area (Å²) in [7, 11) is 3.27. The number of piperidine rings is 1. The first-order valence-corrected chi connectivity index (χ1v) is 10.5. The van der Waals surface area contributed by atoms with Gasteiger partial charge in [-0.1, -0.05) is 24.3 Å². The summed E-state index contributed by atoms with van der Waals surface area (Å²) in [4.78, 5) is 23.1. The Morgan fingerprint density at radius 2 is 1.94 bits per heavy atom. The zero-order chi connectivity index (χ0) is 21.6. The molecule has 0 N–H and O–H groups in total. The average Bonchev–Trinajstić information content (AvgIpc) is 2.84. The van der Waals surface area contributed by atoms with Gasteiger partial charge in [-0.05, 0) is 49.1 Å². The molecule has 0 saturated carbocycles. The monoisotopic (exact) mass is 417 g/mol. The van der Waals surface area contributed by atoms with E-state index in [0.29, 0.717) is 12.4 Å². The first kappa shape index (κ1) is 21.0. The SMILES string of the molecule is COc1ccnc(OC)c1C1CCCC(C=O)N1Cc1cccc(-c2ccccn2)c1. The summed E-state index contributed by atoms with van der Waals surface area (Å²) in [6, 6.07) is 15.9. The van der Waals surface area contributed by atoms with E-state index in [-0.39, 0.29) is 12.1 Å². The molecule has 6 nitrogen and oxygen atoms in total. The summed E-state index contributed by atoms with van der Waals surface area (Å²) in [5, 5.41) is 0. The molecule has 0 bridgehead atoms. The standard InChI is InChI=1S/C25H27N3O3/c1-30-23-12-14-27-25(31-2)24(23)22-11-6-9-20(17-29)28(22)16-18-7-5-8-19(15-18)21-10-3-4-13-26-21/h3-5,7-8,10,12-15,17,20,22H,6,9,11,16H2,1-2H3. The van der Waals surface area contributed by atoms with Crippen molar-refractivity contribution in [2.24, 2.45) is 0 Å². The number of aromatic nitrogens is 2. The average molecular weight is 418 g/mol. The van der Waals surface area contributed by atoms with Gasteiger partial charge in [-0.15, -0.1) is 0 Å². The minimum Gasteiger partial charge on any atom is -0.496 e. The Kier molecular flexibility index (Phi) is 6.57. The van der Waals surface area contributed by atoms with E-state index in [1.807, 2.05) is 30.3 Å². The fourth-order valence-electron chi connectivity index (χ4n) is 4.43. The van der Waals surface area contributed by atoms with Gasteiger partial charge in [-0.2, -0.15) is 0 Å². The van der Waals surface area contributed by atoms with Gasteiger partial charge < -0.3 is 14.3 Å². The lowest BCUT2D eigenvalue weighted by molar-refractivity contribution is -0.115. The number of rotatable bonds is 7. The van der Waals surface area contributed by atoms with Crippen molar-refractivity contribution in [1.82, 2.24) is 14.9 Å². The second-order valence-corrected chi connectivity index (χ2v) is 7.67. The summed E-state index contributed by atoms with van der Waals surface area (Å²) < 4.78 is 11.2. The van der Waals surface area contributed by atoms with E-state index in [4.69, 9.17) is 9.47 Å². The topological polar surface area (TPSA) is 64.6 Å². The molecule has 1 saturated heterocycles. The van der Waals surface area contributed by atoms with E-state index in [0.717, 1.165) is 53.7 Å². The molecule has 4 rings (SSSR count). The number of pyridine rings is 2. The summed E-state index contributed by atoms with van der Waals surface area (Å²) in [6.07, 6.45) is 7.24. The molecule has 0 aliphatic carbocycles. The van der Waals surface area contributed by atoms with Gasteiger partial charge in [0.15, 0.2) is 0 Å². The smallest absolute Gasteiger partial charge is 0.221 e. The van der Waals surface area contributed by atoms with E-state index in [1.54, 1.807) is 26.6 Å². The second kappa shape index (κ2) is 9.71. The van der Waals surface area contributed by atoms with Crippen LogP contribution in [0.25, 0.3) is 11.3 Å². The van der Waals surface area contributed by atoms with Crippen LogP contribution in [0.3, 0.4) is 0 Å². The third kappa shape index (κ3) is 4.44. The summed E-state index contributed by atoms with van der Waals surface area (Å²) in [6.45, 7) is 0.635. The van der Waals surface area contributed by atoms with Crippen molar-refractivity contribution >= 4 is 6.29 Å². The van der Waals surface area contributed by atoms with Crippen LogP contribution in [0.15, 0.2) is 60.9 Å². The van der Waals surface area contributed by atoms with Gasteiger partial charge in [0.05, 0.1) is 31.5 Å². The van der Waals surface area contributed by atoms with Crippen molar-refractivity contribution in [2.45, 2.75) is 37.9 Å². The highest BCUT2D eigenvalue weighted by atomic mass is 16.5. The highest BCUT2D eigenvalue weighted by Gasteiger charge is 2.35. The molecule has 2 unspecified atom stereocenters. The van der Waals surface area contributed by atoms with Crippen LogP contribution in [0.1, 0.15) is 36.4 Å². The molecule has 160 valence electrons. The summed E-state index contributed by atoms with van der Waals surface area (Å²) in [5.41, 5.74) is 4.02. The molecule has 3 heterocycles. The number of carbonyl (C=O) groups excluding carboxylic acids is 1. The number of benzene rings is 1. The van der Waals surface area contributed by atoms with Crippen LogP contribution in [0, 0.1) is 0 Å². The molecule has 0 spiro atoms. The molecule has 0 radical (unpaired) electrons. The van der Waals surface area contributed by atoms with Crippen LogP contribution < -0.4 is 9.47 Å². The Bertz CT molecular complexity index is 1000. The van der Waals surface area contributed by atoms with Crippen LogP contribution in [0.4, 0.5) is 0 Å². The number of hydrogen-bond donors (Lipinski definition) is 0. The molecule has 6 heteroatoms. The molecular formula is C25H27N3O3. The van der Waals surface area contributed by atoms with E-state index in [1.165, 1.54) is 0 Å². The number of likely N-dealkylation sites (tertiary alicyclic amines) is 1. The van der Waals surface area contributed by atoms with E-state index in [2.05, 4.69) is 33.1 Å². The normalized spacial score (nSPS) is 19.0. The molecule has 2 aromatic heterocycles. The Labute approximate surface area is 182 Å². The van der Waals surface area contributed by atoms with Gasteiger partial charge in [0.2, 0.25) is 5.88 Å². The third-order valence-corrected chi connectivity index (χ3v) is 5.87. The Morgan fingerprint density at radius 3 is 2.68 bits per heavy atom. The fourth-order valence-corrected chi connectivity index (χ4v) is 4.43. The maximum absolute atomic E-state index is 12.0. The lowest BCUT2D eigenvalue weighted by atomic mass is 9.90. The number of carbonyl (C=O) groups is 1. The van der Waals surface area contributed by atoms with E-state index in [9.17, 15) is 4.79 Å². The van der Waals surface area contributed by atoms with Crippen LogP contribution in [-0.2, 0) is 11.3 Å². The van der Waals surface area contributed by atoms with Crippen LogP contribution in [0.5, 0.6) is 11.6 Å². The van der Waals surface area contributed by atoms with Gasteiger partial charge >= 0.3 is 0 Å². The van der Waals surface area contributed by atoms with Gasteiger partial charge in [-0.3, -0.25) is 9.88 Å². The quantitative estimate of drug-likeness (QED) is 0.529. The largest absolute Gasteiger partial charge is 0.496 e.